The molecule has 0 bridgehead atoms. The zero-order valence-corrected chi connectivity index (χ0v) is 16.7. The van der Waals surface area contributed by atoms with Crippen molar-refractivity contribution in [2.45, 2.75) is 20.8 Å². The van der Waals surface area contributed by atoms with Gasteiger partial charge in [-0.2, -0.15) is 0 Å². The van der Waals surface area contributed by atoms with Crippen LogP contribution in [0.3, 0.4) is 0 Å². The second kappa shape index (κ2) is 7.72. The van der Waals surface area contributed by atoms with Gasteiger partial charge < -0.3 is 5.32 Å². The Kier molecular flexibility index (Phi) is 4.96. The molecule has 0 aliphatic heterocycles. The topological polar surface area (TPSA) is 59.8 Å². The van der Waals surface area contributed by atoms with Gasteiger partial charge in [0.05, 0.1) is 5.69 Å². The molecule has 5 heteroatoms. The average molecular weight is 382 g/mol. The van der Waals surface area contributed by atoms with Crippen LogP contribution in [0.2, 0.25) is 0 Å². The van der Waals surface area contributed by atoms with E-state index in [0.29, 0.717) is 5.82 Å². The number of benzene rings is 3. The molecule has 1 N–H and O–H groups in total. The molecule has 0 saturated carbocycles. The Labute approximate surface area is 170 Å². The van der Waals surface area contributed by atoms with Gasteiger partial charge in [0.2, 0.25) is 5.82 Å². The number of aromatic nitrogens is 3. The largest absolute Gasteiger partial charge is 0.319 e. The fraction of sp³-hybridized carbons (Fsp3) is 0.125. The van der Waals surface area contributed by atoms with E-state index in [-0.39, 0.29) is 11.7 Å². The van der Waals surface area contributed by atoms with Crippen molar-refractivity contribution in [3.8, 4) is 17.1 Å². The fourth-order valence-corrected chi connectivity index (χ4v) is 3.14. The van der Waals surface area contributed by atoms with Gasteiger partial charge in [-0.1, -0.05) is 59.7 Å². The first kappa shape index (κ1) is 18.6. The molecule has 0 unspecified atom stereocenters. The van der Waals surface area contributed by atoms with E-state index in [0.717, 1.165) is 33.6 Å². The van der Waals surface area contributed by atoms with Crippen molar-refractivity contribution < 1.29 is 4.79 Å². The Balaban J connectivity index is 1.78. The molecular formula is C24H22N4O. The molecule has 0 aliphatic carbocycles. The number of rotatable bonds is 4. The lowest BCUT2D eigenvalue weighted by molar-refractivity contribution is 0.101. The first-order valence-corrected chi connectivity index (χ1v) is 9.49. The molecule has 5 nitrogen and oxygen atoms in total. The Bertz CT molecular complexity index is 1180. The number of para-hydroxylation sites is 1. The molecular weight excluding hydrogens is 360 g/mol. The lowest BCUT2D eigenvalue weighted by atomic mass is 10.1. The maximum atomic E-state index is 12.9. The minimum Gasteiger partial charge on any atom is -0.319 e. The van der Waals surface area contributed by atoms with E-state index in [4.69, 9.17) is 0 Å². The van der Waals surface area contributed by atoms with E-state index in [1.165, 1.54) is 0 Å². The van der Waals surface area contributed by atoms with Crippen LogP contribution in [0.5, 0.6) is 0 Å². The van der Waals surface area contributed by atoms with Crippen LogP contribution in [0.4, 0.5) is 5.69 Å². The summed E-state index contributed by atoms with van der Waals surface area (Å²) in [7, 11) is 0. The number of carbonyl (C=O) groups excluding carboxylic acids is 1. The van der Waals surface area contributed by atoms with Crippen LogP contribution >= 0.6 is 0 Å². The highest BCUT2D eigenvalue weighted by atomic mass is 16.2. The van der Waals surface area contributed by atoms with E-state index in [9.17, 15) is 4.79 Å². The van der Waals surface area contributed by atoms with Gasteiger partial charge in [0.1, 0.15) is 0 Å². The van der Waals surface area contributed by atoms with Crippen LogP contribution in [0.1, 0.15) is 27.3 Å². The standard InChI is InChI=1S/C24H22N4O/c1-16-11-13-20(14-12-16)28-23(19-9-6-7-17(2)15-19)26-22(27-28)24(29)25-21-10-5-4-8-18(21)3/h4-15H,1-3H3,(H,25,29). The maximum Gasteiger partial charge on any atom is 0.295 e. The Morgan fingerprint density at radius 3 is 2.34 bits per heavy atom. The summed E-state index contributed by atoms with van der Waals surface area (Å²) >= 11 is 0. The molecule has 29 heavy (non-hydrogen) atoms. The predicted molar refractivity (Wildman–Crippen MR) is 115 cm³/mol. The quantitative estimate of drug-likeness (QED) is 0.533. The summed E-state index contributed by atoms with van der Waals surface area (Å²) in [6.07, 6.45) is 0. The Morgan fingerprint density at radius 1 is 0.862 bits per heavy atom. The molecule has 3 aromatic carbocycles. The monoisotopic (exact) mass is 382 g/mol. The average Bonchev–Trinajstić information content (AvgIpc) is 3.16. The van der Waals surface area contributed by atoms with Crippen molar-refractivity contribution in [3.05, 3.63) is 95.3 Å². The molecule has 1 amide bonds. The summed E-state index contributed by atoms with van der Waals surface area (Å²) in [6, 6.07) is 23.7. The van der Waals surface area contributed by atoms with E-state index in [1.54, 1.807) is 4.68 Å². The molecule has 0 radical (unpaired) electrons. The molecule has 0 atom stereocenters. The van der Waals surface area contributed by atoms with E-state index in [1.807, 2.05) is 93.6 Å². The number of amides is 1. The van der Waals surface area contributed by atoms with Crippen molar-refractivity contribution in [3.63, 3.8) is 0 Å². The number of nitrogens with one attached hydrogen (secondary N) is 1. The number of anilines is 1. The van der Waals surface area contributed by atoms with Crippen LogP contribution in [-0.2, 0) is 0 Å². The first-order valence-electron chi connectivity index (χ1n) is 9.49. The summed E-state index contributed by atoms with van der Waals surface area (Å²) in [5.41, 5.74) is 5.77. The van der Waals surface area contributed by atoms with Gasteiger partial charge in [-0.25, -0.2) is 9.67 Å². The van der Waals surface area contributed by atoms with E-state index < -0.39 is 0 Å². The van der Waals surface area contributed by atoms with Crippen LogP contribution in [0, 0.1) is 20.8 Å². The lowest BCUT2D eigenvalue weighted by Crippen LogP contribution is -2.15. The molecule has 144 valence electrons. The smallest absolute Gasteiger partial charge is 0.295 e. The van der Waals surface area contributed by atoms with Crippen molar-refractivity contribution in [2.24, 2.45) is 0 Å². The third-order valence-electron chi connectivity index (χ3n) is 4.76. The zero-order chi connectivity index (χ0) is 20.4. The van der Waals surface area contributed by atoms with Crippen LogP contribution in [0.25, 0.3) is 17.1 Å². The van der Waals surface area contributed by atoms with Crippen molar-refractivity contribution in [2.75, 3.05) is 5.32 Å². The molecule has 1 heterocycles. The third-order valence-corrected chi connectivity index (χ3v) is 4.76. The van der Waals surface area contributed by atoms with Crippen LogP contribution < -0.4 is 5.32 Å². The highest BCUT2D eigenvalue weighted by molar-refractivity contribution is 6.02. The lowest BCUT2D eigenvalue weighted by Gasteiger charge is -2.07. The summed E-state index contributed by atoms with van der Waals surface area (Å²) < 4.78 is 1.72. The van der Waals surface area contributed by atoms with Crippen LogP contribution in [0.15, 0.2) is 72.8 Å². The normalized spacial score (nSPS) is 10.7. The Morgan fingerprint density at radius 2 is 1.62 bits per heavy atom. The van der Waals surface area contributed by atoms with Gasteiger partial charge in [-0.3, -0.25) is 4.79 Å². The highest BCUT2D eigenvalue weighted by Crippen LogP contribution is 2.23. The molecule has 0 spiro atoms. The number of hydrogen-bond acceptors (Lipinski definition) is 3. The summed E-state index contributed by atoms with van der Waals surface area (Å²) in [4.78, 5) is 17.5. The van der Waals surface area contributed by atoms with Crippen molar-refractivity contribution in [1.29, 1.82) is 0 Å². The van der Waals surface area contributed by atoms with E-state index in [2.05, 4.69) is 15.4 Å². The number of carbonyl (C=O) groups is 1. The van der Waals surface area contributed by atoms with Gasteiger partial charge in [0, 0.05) is 11.3 Å². The van der Waals surface area contributed by atoms with Gasteiger partial charge >= 0.3 is 0 Å². The minimum atomic E-state index is -0.334. The third kappa shape index (κ3) is 3.94. The second-order valence-electron chi connectivity index (χ2n) is 7.14. The zero-order valence-electron chi connectivity index (χ0n) is 16.7. The van der Waals surface area contributed by atoms with Crippen molar-refractivity contribution in [1.82, 2.24) is 14.8 Å². The summed E-state index contributed by atoms with van der Waals surface area (Å²) in [5, 5.41) is 7.45. The Hall–Kier alpha value is -3.73. The summed E-state index contributed by atoms with van der Waals surface area (Å²) in [5.74, 6) is 0.428. The number of nitrogens with zero attached hydrogens (tertiary/aromatic N) is 3. The van der Waals surface area contributed by atoms with Gasteiger partial charge in [0.15, 0.2) is 5.82 Å². The molecule has 0 fully saturated rings. The predicted octanol–water partition coefficient (Wildman–Crippen LogP) is 5.11. The molecule has 4 aromatic rings. The molecule has 0 aliphatic rings. The number of aryl methyl sites for hydroxylation is 3. The van der Waals surface area contributed by atoms with Gasteiger partial charge in [-0.15, -0.1) is 5.10 Å². The fourth-order valence-electron chi connectivity index (χ4n) is 3.14. The maximum absolute atomic E-state index is 12.9. The molecule has 0 saturated heterocycles. The van der Waals surface area contributed by atoms with Gasteiger partial charge in [0.25, 0.3) is 5.91 Å². The first-order chi connectivity index (χ1) is 14.0. The van der Waals surface area contributed by atoms with Crippen LogP contribution in [-0.4, -0.2) is 20.7 Å². The SMILES string of the molecule is Cc1ccc(-n2nc(C(=O)Nc3ccccc3C)nc2-c2cccc(C)c2)cc1. The summed E-state index contributed by atoms with van der Waals surface area (Å²) in [6.45, 7) is 6.02. The van der Waals surface area contributed by atoms with E-state index >= 15 is 0 Å². The molecule has 4 rings (SSSR count). The van der Waals surface area contributed by atoms with Crippen molar-refractivity contribution >= 4 is 11.6 Å². The molecule has 1 aromatic heterocycles. The van der Waals surface area contributed by atoms with Gasteiger partial charge in [-0.05, 0) is 50.6 Å². The second-order valence-corrected chi connectivity index (χ2v) is 7.14. The number of hydrogen-bond donors (Lipinski definition) is 1. The minimum absolute atomic E-state index is 0.130. The highest BCUT2D eigenvalue weighted by Gasteiger charge is 2.19.